The lowest BCUT2D eigenvalue weighted by atomic mass is 10.3. The molecule has 0 saturated heterocycles. The molecule has 2 rings (SSSR count). The highest BCUT2D eigenvalue weighted by Gasteiger charge is 2.13. The van der Waals surface area contributed by atoms with Crippen LogP contribution in [0.2, 0.25) is 0 Å². The Bertz CT molecular complexity index is 590. The van der Waals surface area contributed by atoms with Crippen molar-refractivity contribution < 1.29 is 14.5 Å². The average molecular weight is 248 g/mol. The Kier molecular flexibility index (Phi) is 3.00. The maximum absolute atomic E-state index is 11.2. The molecule has 0 radical (unpaired) electrons. The van der Waals surface area contributed by atoms with Crippen LogP contribution in [-0.2, 0) is 4.74 Å². The van der Waals surface area contributed by atoms with Crippen LogP contribution in [0, 0.1) is 10.1 Å². The monoisotopic (exact) mass is 248 g/mol. The van der Waals surface area contributed by atoms with Crippen molar-refractivity contribution in [2.24, 2.45) is 0 Å². The van der Waals surface area contributed by atoms with E-state index in [1.54, 1.807) is 0 Å². The van der Waals surface area contributed by atoms with Gasteiger partial charge in [-0.3, -0.25) is 0 Å². The molecule has 0 aromatic carbocycles. The molecule has 0 unspecified atom stereocenters. The number of hydrogen-bond donors (Lipinski definition) is 0. The molecule has 92 valence electrons. The Morgan fingerprint density at radius 2 is 2.22 bits per heavy atom. The maximum atomic E-state index is 11.2. The van der Waals surface area contributed by atoms with Crippen molar-refractivity contribution in [1.29, 1.82) is 0 Å². The number of rotatable bonds is 3. The van der Waals surface area contributed by atoms with Gasteiger partial charge in [-0.15, -0.1) is 4.68 Å². The van der Waals surface area contributed by atoms with Gasteiger partial charge in [0.15, 0.2) is 5.82 Å². The first-order chi connectivity index (χ1) is 8.61. The molecule has 0 saturated carbocycles. The number of pyridine rings is 1. The topological polar surface area (TPSA) is 100 Å². The van der Waals surface area contributed by atoms with Crippen LogP contribution >= 0.6 is 0 Å². The third-order valence-electron chi connectivity index (χ3n) is 2.17. The number of esters is 1. The van der Waals surface area contributed by atoms with E-state index in [1.807, 2.05) is 0 Å². The van der Waals surface area contributed by atoms with Gasteiger partial charge in [-0.2, -0.15) is 0 Å². The van der Waals surface area contributed by atoms with Crippen molar-refractivity contribution in [1.82, 2.24) is 14.8 Å². The van der Waals surface area contributed by atoms with E-state index >= 15 is 0 Å². The number of nitro groups is 1. The zero-order chi connectivity index (χ0) is 13.1. The van der Waals surface area contributed by atoms with Gasteiger partial charge in [0.25, 0.3) is 0 Å². The van der Waals surface area contributed by atoms with Crippen LogP contribution in [0.4, 0.5) is 5.82 Å². The molecule has 0 aliphatic carbocycles. The highest BCUT2D eigenvalue weighted by Crippen LogP contribution is 2.10. The summed E-state index contributed by atoms with van der Waals surface area (Å²) in [5, 5.41) is 14.2. The van der Waals surface area contributed by atoms with Crippen molar-refractivity contribution in [3.05, 3.63) is 46.3 Å². The largest absolute Gasteiger partial charge is 0.465 e. The van der Waals surface area contributed by atoms with Gasteiger partial charge in [0.05, 0.1) is 30.0 Å². The molecule has 8 nitrogen and oxygen atoms in total. The van der Waals surface area contributed by atoms with Crippen molar-refractivity contribution in [3.8, 4) is 5.82 Å². The molecule has 0 bridgehead atoms. The third-order valence-corrected chi connectivity index (χ3v) is 2.17. The summed E-state index contributed by atoms with van der Waals surface area (Å²) >= 11 is 0. The molecular weight excluding hydrogens is 240 g/mol. The molecule has 0 amide bonds. The number of methoxy groups -OCH3 is 1. The van der Waals surface area contributed by atoms with Crippen molar-refractivity contribution >= 4 is 11.8 Å². The Labute approximate surface area is 101 Å². The molecule has 18 heavy (non-hydrogen) atoms. The van der Waals surface area contributed by atoms with Gasteiger partial charge in [-0.1, -0.05) is 0 Å². The molecule has 0 spiro atoms. The van der Waals surface area contributed by atoms with Crippen LogP contribution in [0.5, 0.6) is 0 Å². The van der Waals surface area contributed by atoms with E-state index in [9.17, 15) is 14.9 Å². The number of carbonyl (C=O) groups is 1. The van der Waals surface area contributed by atoms with Gasteiger partial charge in [0.1, 0.15) is 0 Å². The quantitative estimate of drug-likeness (QED) is 0.455. The minimum absolute atomic E-state index is 0.270. The first-order valence-electron chi connectivity index (χ1n) is 4.86. The summed E-state index contributed by atoms with van der Waals surface area (Å²) in [6.07, 6.45) is 2.73. The smallest absolute Gasteiger partial charge is 0.390 e. The van der Waals surface area contributed by atoms with Gasteiger partial charge < -0.3 is 14.9 Å². The third kappa shape index (κ3) is 2.17. The molecule has 2 aromatic rings. The number of carbonyl (C=O) groups excluding carboxylic acids is 1. The molecular formula is C10H8N4O4. The van der Waals surface area contributed by atoms with E-state index < -0.39 is 10.9 Å². The zero-order valence-electron chi connectivity index (χ0n) is 9.31. The summed E-state index contributed by atoms with van der Waals surface area (Å²) < 4.78 is 5.78. The van der Waals surface area contributed by atoms with E-state index in [-0.39, 0.29) is 5.82 Å². The first kappa shape index (κ1) is 11.7. The molecule has 0 N–H and O–H groups in total. The van der Waals surface area contributed by atoms with E-state index in [0.717, 1.165) is 0 Å². The normalized spacial score (nSPS) is 10.1. The minimum Gasteiger partial charge on any atom is -0.465 e. The Morgan fingerprint density at radius 3 is 2.72 bits per heavy atom. The van der Waals surface area contributed by atoms with E-state index in [1.165, 1.54) is 42.4 Å². The summed E-state index contributed by atoms with van der Waals surface area (Å²) in [5.41, 5.74) is 0.294. The Hall–Kier alpha value is -2.77. The predicted molar refractivity (Wildman–Crippen MR) is 59.4 cm³/mol. The second-order valence-electron chi connectivity index (χ2n) is 3.27. The summed E-state index contributed by atoms with van der Waals surface area (Å²) in [6, 6.07) is 4.28. The lowest BCUT2D eigenvalue weighted by molar-refractivity contribution is -0.389. The SMILES string of the molecule is COC(=O)c1ccc(-n2ccc([N+](=O)[O-])n2)nc1. The number of aromatic nitrogens is 3. The summed E-state index contributed by atoms with van der Waals surface area (Å²) in [4.78, 5) is 25.0. The summed E-state index contributed by atoms with van der Waals surface area (Å²) in [6.45, 7) is 0. The molecule has 0 aliphatic rings. The van der Waals surface area contributed by atoms with Crippen molar-refractivity contribution in [2.45, 2.75) is 0 Å². The van der Waals surface area contributed by atoms with E-state index in [0.29, 0.717) is 11.4 Å². The van der Waals surface area contributed by atoms with Crippen LogP contribution in [0.15, 0.2) is 30.6 Å². The second-order valence-corrected chi connectivity index (χ2v) is 3.27. The number of hydrogen-bond acceptors (Lipinski definition) is 6. The van der Waals surface area contributed by atoms with Crippen molar-refractivity contribution in [2.75, 3.05) is 7.11 Å². The lowest BCUT2D eigenvalue weighted by Gasteiger charge is -1.99. The van der Waals surface area contributed by atoms with Gasteiger partial charge in [0, 0.05) is 6.20 Å². The van der Waals surface area contributed by atoms with E-state index in [2.05, 4.69) is 14.8 Å². The number of nitrogens with zero attached hydrogens (tertiary/aromatic N) is 4. The van der Waals surface area contributed by atoms with Crippen LogP contribution in [0.3, 0.4) is 0 Å². The molecule has 2 heterocycles. The average Bonchev–Trinajstić information content (AvgIpc) is 2.88. The van der Waals surface area contributed by atoms with Gasteiger partial charge in [0.2, 0.25) is 0 Å². The van der Waals surface area contributed by atoms with Gasteiger partial charge in [-0.25, -0.2) is 9.78 Å². The molecule has 0 atom stereocenters. The van der Waals surface area contributed by atoms with Gasteiger partial charge in [-0.05, 0) is 17.1 Å². The highest BCUT2D eigenvalue weighted by molar-refractivity contribution is 5.88. The number of ether oxygens (including phenoxy) is 1. The molecule has 2 aromatic heterocycles. The zero-order valence-corrected chi connectivity index (χ0v) is 9.31. The fraction of sp³-hybridized carbons (Fsp3) is 0.100. The fourth-order valence-electron chi connectivity index (χ4n) is 1.30. The van der Waals surface area contributed by atoms with Crippen LogP contribution in [-0.4, -0.2) is 32.8 Å². The Balaban J connectivity index is 2.28. The molecule has 0 aliphatic heterocycles. The van der Waals surface area contributed by atoms with Gasteiger partial charge >= 0.3 is 11.8 Å². The first-order valence-corrected chi connectivity index (χ1v) is 4.86. The maximum Gasteiger partial charge on any atom is 0.390 e. The van der Waals surface area contributed by atoms with Crippen LogP contribution in [0.25, 0.3) is 5.82 Å². The van der Waals surface area contributed by atoms with Crippen LogP contribution < -0.4 is 0 Å². The summed E-state index contributed by atoms with van der Waals surface area (Å²) in [7, 11) is 1.27. The summed E-state index contributed by atoms with van der Waals surface area (Å²) in [5.74, 6) is -0.398. The standard InChI is InChI=1S/C10H8N4O4/c1-18-10(15)7-2-3-8(11-6-7)13-5-4-9(12-13)14(16)17/h2-6H,1H3. The fourth-order valence-corrected chi connectivity index (χ4v) is 1.30. The second kappa shape index (κ2) is 4.62. The Morgan fingerprint density at radius 1 is 1.44 bits per heavy atom. The predicted octanol–water partition coefficient (Wildman–Crippen LogP) is 0.962. The molecule has 8 heteroatoms. The lowest BCUT2D eigenvalue weighted by Crippen LogP contribution is -2.04. The van der Waals surface area contributed by atoms with E-state index in [4.69, 9.17) is 0 Å². The minimum atomic E-state index is -0.598. The van der Waals surface area contributed by atoms with Crippen LogP contribution in [0.1, 0.15) is 10.4 Å². The highest BCUT2D eigenvalue weighted by atomic mass is 16.6. The molecule has 0 fully saturated rings. The van der Waals surface area contributed by atoms with Crippen molar-refractivity contribution in [3.63, 3.8) is 0 Å².